The number of halogens is 2. The van der Waals surface area contributed by atoms with Crippen LogP contribution in [0.1, 0.15) is 20.8 Å². The average Bonchev–Trinajstić information content (AvgIpc) is 1.81. The number of hydrogen-bond donors (Lipinski definition) is 0. The molecule has 13 heavy (non-hydrogen) atoms. The van der Waals surface area contributed by atoms with Gasteiger partial charge in [-0.3, -0.25) is 0 Å². The van der Waals surface area contributed by atoms with Crippen LogP contribution in [0, 0.1) is 5.41 Å². The molecule has 0 amide bonds. The summed E-state index contributed by atoms with van der Waals surface area (Å²) in [4.78, 5) is 1.91. The van der Waals surface area contributed by atoms with Gasteiger partial charge in [-0.25, -0.2) is 0 Å². The minimum absolute atomic E-state index is 0.0748. The van der Waals surface area contributed by atoms with E-state index in [1.807, 2.05) is 25.2 Å². The average molecular weight is 244 g/mol. The Kier molecular flexibility index (Phi) is 5.43. The Hall–Kier alpha value is 0.350. The molecule has 0 unspecified atom stereocenters. The largest absolute Gasteiger partial charge is 0.447 e. The van der Waals surface area contributed by atoms with Gasteiger partial charge in [0.1, 0.15) is 5.76 Å². The molecule has 0 aliphatic rings. The maximum absolute atomic E-state index is 5.61. The van der Waals surface area contributed by atoms with E-state index in [0.29, 0.717) is 0 Å². The molecular weight excluding hydrogens is 228 g/mol. The van der Waals surface area contributed by atoms with Gasteiger partial charge in [0.15, 0.2) is 0 Å². The van der Waals surface area contributed by atoms with E-state index in [1.54, 1.807) is 0 Å². The van der Waals surface area contributed by atoms with E-state index in [9.17, 15) is 0 Å². The highest BCUT2D eigenvalue weighted by molar-refractivity contribution is 8.00. The molecule has 5 heteroatoms. The monoisotopic (exact) mass is 243 g/mol. The Morgan fingerprint density at radius 2 is 1.77 bits per heavy atom. The van der Waals surface area contributed by atoms with Crippen molar-refractivity contribution in [3.63, 3.8) is 0 Å². The minimum Gasteiger partial charge on any atom is -0.447 e. The summed E-state index contributed by atoms with van der Waals surface area (Å²) in [7, 11) is 3.86. The molecule has 0 saturated carbocycles. The summed E-state index contributed by atoms with van der Waals surface area (Å²) in [5, 5.41) is 0. The highest BCUT2D eigenvalue weighted by atomic mass is 35.9. The zero-order valence-electron chi connectivity index (χ0n) is 8.64. The molecule has 0 atom stereocenters. The van der Waals surface area contributed by atoms with Crippen LogP contribution in [0.3, 0.4) is 0 Å². The van der Waals surface area contributed by atoms with Gasteiger partial charge in [-0.2, -0.15) is 0 Å². The van der Waals surface area contributed by atoms with Crippen LogP contribution >= 0.6 is 29.3 Å². The van der Waals surface area contributed by atoms with E-state index in [4.69, 9.17) is 27.0 Å². The van der Waals surface area contributed by atoms with Gasteiger partial charge < -0.3 is 9.42 Å². The fraction of sp³-hybridized carbons (Fsp3) is 0.750. The third kappa shape index (κ3) is 6.42. The van der Waals surface area contributed by atoms with Gasteiger partial charge in [-0.1, -0.05) is 20.8 Å². The van der Waals surface area contributed by atoms with Gasteiger partial charge in [0.05, 0.1) is 0 Å². The van der Waals surface area contributed by atoms with E-state index in [2.05, 4.69) is 20.8 Å². The van der Waals surface area contributed by atoms with Crippen LogP contribution in [0.4, 0.5) is 0 Å². The van der Waals surface area contributed by atoms with Crippen molar-refractivity contribution in [1.82, 2.24) is 4.90 Å². The Labute approximate surface area is 91.3 Å². The second kappa shape index (κ2) is 5.29. The number of hydrogen-bond acceptors (Lipinski definition) is 2. The van der Waals surface area contributed by atoms with E-state index < -0.39 is 6.85 Å². The third-order valence-corrected chi connectivity index (χ3v) is 2.03. The molecule has 0 aliphatic heterocycles. The van der Waals surface area contributed by atoms with Gasteiger partial charge in [-0.15, -0.1) is 0 Å². The summed E-state index contributed by atoms with van der Waals surface area (Å²) in [5.41, 5.74) is -0.0748. The van der Waals surface area contributed by atoms with Crippen LogP contribution in [-0.4, -0.2) is 19.0 Å². The topological polar surface area (TPSA) is 12.5 Å². The molecule has 0 rings (SSSR count). The molecule has 0 N–H and O–H groups in total. The Balaban J connectivity index is 4.57. The van der Waals surface area contributed by atoms with Gasteiger partial charge in [0, 0.05) is 25.7 Å². The van der Waals surface area contributed by atoms with Gasteiger partial charge in [0.2, 0.25) is 0 Å². The van der Waals surface area contributed by atoms with Crippen LogP contribution in [0.25, 0.3) is 0 Å². The second-order valence-corrected chi connectivity index (χ2v) is 6.95. The Morgan fingerprint density at radius 1 is 1.31 bits per heavy atom. The van der Waals surface area contributed by atoms with Gasteiger partial charge >= 0.3 is 0 Å². The summed E-state index contributed by atoms with van der Waals surface area (Å²) in [6, 6.07) is 0. The fourth-order valence-electron chi connectivity index (χ4n) is 0.663. The molecule has 0 fully saturated rings. The van der Waals surface area contributed by atoms with Crippen LogP contribution < -0.4 is 0 Å². The molecule has 0 radical (unpaired) electrons. The Morgan fingerprint density at radius 3 is 2.00 bits per heavy atom. The van der Waals surface area contributed by atoms with E-state index in [0.717, 1.165) is 5.76 Å². The molecule has 0 aromatic heterocycles. The minimum atomic E-state index is -1.39. The first-order valence-electron chi connectivity index (χ1n) is 3.92. The maximum Gasteiger partial charge on any atom is 0.284 e. The third-order valence-electron chi connectivity index (χ3n) is 1.28. The molecule has 0 aromatic carbocycles. The van der Waals surface area contributed by atoms with Crippen molar-refractivity contribution in [3.8, 4) is 0 Å². The van der Waals surface area contributed by atoms with Crippen molar-refractivity contribution in [2.45, 2.75) is 20.8 Å². The van der Waals surface area contributed by atoms with Crippen molar-refractivity contribution >= 4 is 29.3 Å². The first kappa shape index (κ1) is 13.4. The van der Waals surface area contributed by atoms with Crippen LogP contribution in [0.5, 0.6) is 0 Å². The fourth-order valence-corrected chi connectivity index (χ4v) is 1.58. The van der Waals surface area contributed by atoms with Crippen LogP contribution in [0.15, 0.2) is 12.0 Å². The van der Waals surface area contributed by atoms with Gasteiger partial charge in [-0.05, 0) is 22.5 Å². The van der Waals surface area contributed by atoms with Crippen molar-refractivity contribution < 1.29 is 4.52 Å². The Bertz CT molecular complexity index is 187. The number of allylic oxidation sites excluding steroid dienone is 1. The van der Waals surface area contributed by atoms with Crippen LogP contribution in [-0.2, 0) is 4.52 Å². The predicted molar refractivity (Wildman–Crippen MR) is 60.9 cm³/mol. The summed E-state index contributed by atoms with van der Waals surface area (Å²) in [6.45, 7) is 4.77. The van der Waals surface area contributed by atoms with Crippen LogP contribution in [0.2, 0.25) is 0 Å². The summed E-state index contributed by atoms with van der Waals surface area (Å²) in [5.74, 6) is 0.800. The van der Waals surface area contributed by atoms with Crippen molar-refractivity contribution in [2.75, 3.05) is 14.1 Å². The standard InChI is InChI=1S/C8H16Cl2NOP/c1-8(2,3)7(6-11(4)5)12-13(9)10/h6H,1-5H3/b7-6+. The molecule has 0 saturated heterocycles. The molecule has 2 nitrogen and oxygen atoms in total. The first-order valence-corrected chi connectivity index (χ1v) is 6.99. The van der Waals surface area contributed by atoms with Crippen molar-refractivity contribution in [1.29, 1.82) is 0 Å². The highest BCUT2D eigenvalue weighted by Crippen LogP contribution is 2.52. The highest BCUT2D eigenvalue weighted by Gasteiger charge is 2.21. The summed E-state index contributed by atoms with van der Waals surface area (Å²) < 4.78 is 5.34. The summed E-state index contributed by atoms with van der Waals surface area (Å²) >= 11 is 11.2. The number of nitrogens with zero attached hydrogens (tertiary/aromatic N) is 1. The lowest BCUT2D eigenvalue weighted by Gasteiger charge is -2.24. The molecule has 0 spiro atoms. The van der Waals surface area contributed by atoms with Crippen molar-refractivity contribution in [3.05, 3.63) is 12.0 Å². The molecular formula is C8H16Cl2NOP. The SMILES string of the molecule is CN(C)/C=C(/OP(Cl)Cl)C(C)(C)C. The lowest BCUT2D eigenvalue weighted by molar-refractivity contribution is 0.307. The quantitative estimate of drug-likeness (QED) is 0.546. The predicted octanol–water partition coefficient (Wildman–Crippen LogP) is 4.16. The number of rotatable bonds is 3. The van der Waals surface area contributed by atoms with Crippen molar-refractivity contribution in [2.24, 2.45) is 5.41 Å². The molecule has 0 aromatic rings. The summed E-state index contributed by atoms with van der Waals surface area (Å²) in [6.07, 6.45) is 1.89. The van der Waals surface area contributed by atoms with Gasteiger partial charge in [0.25, 0.3) is 6.85 Å². The molecule has 0 bridgehead atoms. The maximum atomic E-state index is 5.61. The van der Waals surface area contributed by atoms with E-state index >= 15 is 0 Å². The molecule has 78 valence electrons. The lowest BCUT2D eigenvalue weighted by Crippen LogP contribution is -2.14. The smallest absolute Gasteiger partial charge is 0.284 e. The second-order valence-electron chi connectivity index (χ2n) is 4.00. The zero-order valence-corrected chi connectivity index (χ0v) is 11.0. The first-order chi connectivity index (χ1) is 5.73. The van der Waals surface area contributed by atoms with E-state index in [-0.39, 0.29) is 5.41 Å². The molecule has 0 heterocycles. The zero-order chi connectivity index (χ0) is 10.6. The molecule has 0 aliphatic carbocycles. The normalized spacial score (nSPS) is 13.4. The van der Waals surface area contributed by atoms with E-state index in [1.165, 1.54) is 0 Å². The lowest BCUT2D eigenvalue weighted by atomic mass is 9.94.